The summed E-state index contributed by atoms with van der Waals surface area (Å²) in [5.74, 6) is 0.121. The van der Waals surface area contributed by atoms with E-state index < -0.39 is 4.92 Å². The van der Waals surface area contributed by atoms with E-state index in [1.165, 1.54) is 25.3 Å². The number of aliphatic hydroxyl groups is 1. The molecule has 0 unspecified atom stereocenters. The van der Waals surface area contributed by atoms with Crippen LogP contribution in [-0.4, -0.2) is 22.9 Å². The Morgan fingerprint density at radius 1 is 1.30 bits per heavy atom. The van der Waals surface area contributed by atoms with E-state index in [4.69, 9.17) is 4.74 Å². The van der Waals surface area contributed by atoms with Crippen LogP contribution in [0.4, 0.5) is 5.69 Å². The van der Waals surface area contributed by atoms with Crippen LogP contribution in [-0.2, 0) is 6.61 Å². The molecule has 0 heterocycles. The molecule has 0 bridgehead atoms. The molecule has 0 aliphatic carbocycles. The normalized spacial score (nSPS) is 10.7. The quantitative estimate of drug-likeness (QED) is 0.383. The van der Waals surface area contributed by atoms with Crippen molar-refractivity contribution in [1.29, 1.82) is 0 Å². The number of ketones is 1. The molecule has 0 spiro atoms. The zero-order chi connectivity index (χ0) is 16.8. The Balaban J connectivity index is 2.31. The number of benzene rings is 2. The van der Waals surface area contributed by atoms with E-state index in [2.05, 4.69) is 0 Å². The van der Waals surface area contributed by atoms with Gasteiger partial charge in [0.25, 0.3) is 5.69 Å². The minimum atomic E-state index is -0.500. The second kappa shape index (κ2) is 7.33. The Morgan fingerprint density at radius 2 is 2.04 bits per heavy atom. The van der Waals surface area contributed by atoms with Crippen LogP contribution in [0.5, 0.6) is 5.75 Å². The molecule has 2 rings (SSSR count). The van der Waals surface area contributed by atoms with E-state index in [-0.39, 0.29) is 18.1 Å². The van der Waals surface area contributed by atoms with Crippen LogP contribution in [0.2, 0.25) is 0 Å². The molecule has 2 aromatic rings. The smallest absolute Gasteiger partial charge is 0.276 e. The third kappa shape index (κ3) is 4.02. The van der Waals surface area contributed by atoms with Gasteiger partial charge in [-0.1, -0.05) is 12.1 Å². The molecule has 2 aromatic carbocycles. The maximum absolute atomic E-state index is 12.2. The molecule has 0 amide bonds. The zero-order valence-electron chi connectivity index (χ0n) is 12.4. The number of nitro benzene ring substituents is 1. The summed E-state index contributed by atoms with van der Waals surface area (Å²) in [5, 5.41) is 20.2. The fourth-order valence-electron chi connectivity index (χ4n) is 2.07. The van der Waals surface area contributed by atoms with Crippen LogP contribution in [0.1, 0.15) is 21.5 Å². The number of hydrogen-bond acceptors (Lipinski definition) is 5. The summed E-state index contributed by atoms with van der Waals surface area (Å²) in [6, 6.07) is 10.9. The van der Waals surface area contributed by atoms with Crippen molar-refractivity contribution in [2.75, 3.05) is 7.11 Å². The van der Waals surface area contributed by atoms with Gasteiger partial charge in [-0.05, 0) is 42.0 Å². The highest BCUT2D eigenvalue weighted by Crippen LogP contribution is 2.21. The molecule has 0 radical (unpaired) electrons. The van der Waals surface area contributed by atoms with Gasteiger partial charge in [-0.25, -0.2) is 0 Å². The molecule has 0 saturated carbocycles. The first-order valence-corrected chi connectivity index (χ1v) is 6.80. The van der Waals surface area contributed by atoms with Crippen molar-refractivity contribution < 1.29 is 19.6 Å². The fraction of sp³-hybridized carbons (Fsp3) is 0.118. The van der Waals surface area contributed by atoms with Crippen molar-refractivity contribution in [1.82, 2.24) is 0 Å². The van der Waals surface area contributed by atoms with Crippen molar-refractivity contribution in [2.45, 2.75) is 6.61 Å². The van der Waals surface area contributed by atoms with Crippen LogP contribution >= 0.6 is 0 Å². The summed E-state index contributed by atoms with van der Waals surface area (Å²) in [6.07, 6.45) is 2.66. The number of ether oxygens (including phenoxy) is 1. The molecule has 0 aliphatic rings. The molecule has 0 fully saturated rings. The maximum Gasteiger partial charge on any atom is 0.276 e. The molecule has 6 nitrogen and oxygen atoms in total. The number of aliphatic hydroxyl groups excluding tert-OH is 1. The molecule has 118 valence electrons. The monoisotopic (exact) mass is 313 g/mol. The summed E-state index contributed by atoms with van der Waals surface area (Å²) in [7, 11) is 1.47. The Bertz CT molecular complexity index is 745. The number of hydrogen-bond donors (Lipinski definition) is 1. The number of para-hydroxylation sites is 1. The van der Waals surface area contributed by atoms with Crippen molar-refractivity contribution in [3.8, 4) is 5.75 Å². The molecule has 0 atom stereocenters. The van der Waals surface area contributed by atoms with Gasteiger partial charge in [0.1, 0.15) is 5.75 Å². The number of rotatable bonds is 6. The molecule has 23 heavy (non-hydrogen) atoms. The minimum Gasteiger partial charge on any atom is -0.497 e. The van der Waals surface area contributed by atoms with Crippen LogP contribution in [0.25, 0.3) is 6.08 Å². The average molecular weight is 313 g/mol. The number of nitrogens with zero attached hydrogens (tertiary/aromatic N) is 1. The van der Waals surface area contributed by atoms with Crippen LogP contribution < -0.4 is 4.74 Å². The summed E-state index contributed by atoms with van der Waals surface area (Å²) in [6.45, 7) is -0.217. The second-order valence-electron chi connectivity index (χ2n) is 4.74. The van der Waals surface area contributed by atoms with Crippen molar-refractivity contribution in [2.24, 2.45) is 0 Å². The summed E-state index contributed by atoms with van der Waals surface area (Å²) in [5.41, 5.74) is 1.16. The number of carbonyl (C=O) groups excluding carboxylic acids is 1. The summed E-state index contributed by atoms with van der Waals surface area (Å²) >= 11 is 0. The molecule has 0 aliphatic heterocycles. The van der Waals surface area contributed by atoms with Gasteiger partial charge < -0.3 is 9.84 Å². The Hall–Kier alpha value is -2.99. The lowest BCUT2D eigenvalue weighted by molar-refractivity contribution is -0.385. The number of carbonyl (C=O) groups is 1. The van der Waals surface area contributed by atoms with Gasteiger partial charge >= 0.3 is 0 Å². The summed E-state index contributed by atoms with van der Waals surface area (Å²) < 4.78 is 5.08. The number of nitro groups is 1. The first-order valence-electron chi connectivity index (χ1n) is 6.80. The lowest BCUT2D eigenvalue weighted by atomic mass is 10.1. The van der Waals surface area contributed by atoms with Crippen LogP contribution in [0.15, 0.2) is 48.5 Å². The van der Waals surface area contributed by atoms with E-state index >= 15 is 0 Å². The lowest BCUT2D eigenvalue weighted by Gasteiger charge is -2.05. The molecule has 1 N–H and O–H groups in total. The fourth-order valence-corrected chi connectivity index (χ4v) is 2.07. The predicted molar refractivity (Wildman–Crippen MR) is 85.4 cm³/mol. The van der Waals surface area contributed by atoms with E-state index in [9.17, 15) is 20.0 Å². The topological polar surface area (TPSA) is 89.7 Å². The van der Waals surface area contributed by atoms with E-state index in [0.29, 0.717) is 22.4 Å². The highest BCUT2D eigenvalue weighted by molar-refractivity contribution is 6.07. The Labute approximate surface area is 132 Å². The van der Waals surface area contributed by atoms with Gasteiger partial charge in [-0.2, -0.15) is 0 Å². The summed E-state index contributed by atoms with van der Waals surface area (Å²) in [4.78, 5) is 22.7. The van der Waals surface area contributed by atoms with Crippen LogP contribution in [0, 0.1) is 10.1 Å². The van der Waals surface area contributed by atoms with Crippen molar-refractivity contribution in [3.63, 3.8) is 0 Å². The van der Waals surface area contributed by atoms with Gasteiger partial charge in [-0.15, -0.1) is 0 Å². The maximum atomic E-state index is 12.2. The SMILES string of the molecule is COc1cc(CO)cc(C(=O)C=Cc2ccccc2[N+](=O)[O-])c1. The van der Waals surface area contributed by atoms with Gasteiger partial charge in [0.2, 0.25) is 0 Å². The standard InChI is InChI=1S/C17H15NO5/c1-23-15-9-12(11-19)8-14(10-15)17(20)7-6-13-4-2-3-5-16(13)18(21)22/h2-10,19H,11H2,1H3. The second-order valence-corrected chi connectivity index (χ2v) is 4.74. The number of methoxy groups -OCH3 is 1. The van der Waals surface area contributed by atoms with Gasteiger partial charge in [0, 0.05) is 11.6 Å². The predicted octanol–water partition coefficient (Wildman–Crippen LogP) is 2.99. The minimum absolute atomic E-state index is 0.0711. The van der Waals surface area contributed by atoms with Crippen LogP contribution in [0.3, 0.4) is 0 Å². The molecule has 0 aromatic heterocycles. The highest BCUT2D eigenvalue weighted by Gasteiger charge is 2.11. The average Bonchev–Trinajstić information content (AvgIpc) is 2.59. The largest absolute Gasteiger partial charge is 0.497 e. The van der Waals surface area contributed by atoms with E-state index in [0.717, 1.165) is 0 Å². The highest BCUT2D eigenvalue weighted by atomic mass is 16.6. The van der Waals surface area contributed by atoms with E-state index in [1.54, 1.807) is 36.4 Å². The van der Waals surface area contributed by atoms with Gasteiger partial charge in [0.15, 0.2) is 5.78 Å². The molecule has 6 heteroatoms. The van der Waals surface area contributed by atoms with E-state index in [1.807, 2.05) is 0 Å². The van der Waals surface area contributed by atoms with Crippen molar-refractivity contribution in [3.05, 3.63) is 75.3 Å². The third-order valence-corrected chi connectivity index (χ3v) is 3.22. The third-order valence-electron chi connectivity index (χ3n) is 3.22. The zero-order valence-corrected chi connectivity index (χ0v) is 12.4. The Kier molecular flexibility index (Phi) is 5.22. The molecule has 0 saturated heterocycles. The molecular weight excluding hydrogens is 298 g/mol. The molecular formula is C17H15NO5. The van der Waals surface area contributed by atoms with Gasteiger partial charge in [0.05, 0.1) is 24.2 Å². The Morgan fingerprint density at radius 3 is 2.70 bits per heavy atom. The lowest BCUT2D eigenvalue weighted by Crippen LogP contribution is -1.98. The first kappa shape index (κ1) is 16.4. The van der Waals surface area contributed by atoms with Gasteiger partial charge in [-0.3, -0.25) is 14.9 Å². The first-order chi connectivity index (χ1) is 11.0. The number of allylic oxidation sites excluding steroid dienone is 1. The van der Waals surface area contributed by atoms with Crippen molar-refractivity contribution >= 4 is 17.5 Å².